The molecule has 0 unspecified atom stereocenters. The molecule has 2 N–H and O–H groups in total. The van der Waals surface area contributed by atoms with Crippen LogP contribution in [0, 0.1) is 5.82 Å². The summed E-state index contributed by atoms with van der Waals surface area (Å²) in [6.45, 7) is 0. The average molecular weight is 308 g/mol. The molecule has 6 heteroatoms. The van der Waals surface area contributed by atoms with Crippen molar-refractivity contribution >= 4 is 29.2 Å². The van der Waals surface area contributed by atoms with Gasteiger partial charge in [-0.15, -0.1) is 0 Å². The van der Waals surface area contributed by atoms with Gasteiger partial charge in [0.25, 0.3) is 0 Å². The van der Waals surface area contributed by atoms with E-state index in [4.69, 9.17) is 16.7 Å². The number of anilines is 1. The van der Waals surface area contributed by atoms with Crippen molar-refractivity contribution in [1.82, 2.24) is 0 Å². The molecule has 0 fully saturated rings. The molecule has 4 nitrogen and oxygen atoms in total. The Morgan fingerprint density at radius 2 is 1.86 bits per heavy atom. The summed E-state index contributed by atoms with van der Waals surface area (Å²) in [6, 6.07) is 10.5. The van der Waals surface area contributed by atoms with Crippen molar-refractivity contribution in [1.29, 1.82) is 0 Å². The highest BCUT2D eigenvalue weighted by molar-refractivity contribution is 6.31. The first-order valence-corrected chi connectivity index (χ1v) is 6.42. The number of nitrogens with one attached hydrogen (secondary N) is 1. The van der Waals surface area contributed by atoms with Crippen molar-refractivity contribution in [2.24, 2.45) is 0 Å². The van der Waals surface area contributed by atoms with Gasteiger partial charge in [-0.05, 0) is 23.8 Å². The van der Waals surface area contributed by atoms with Crippen LogP contribution in [0.1, 0.15) is 15.9 Å². The smallest absolute Gasteiger partial charge is 0.340 e. The van der Waals surface area contributed by atoms with E-state index in [1.807, 2.05) is 0 Å². The highest BCUT2D eigenvalue weighted by Gasteiger charge is 2.17. The van der Waals surface area contributed by atoms with Gasteiger partial charge in [0.15, 0.2) is 0 Å². The molecule has 0 aromatic heterocycles. The minimum absolute atomic E-state index is 0.0325. The summed E-state index contributed by atoms with van der Waals surface area (Å²) in [5.41, 5.74) is -0.0468. The van der Waals surface area contributed by atoms with E-state index < -0.39 is 23.3 Å². The van der Waals surface area contributed by atoms with Gasteiger partial charge in [-0.25, -0.2) is 9.18 Å². The quantitative estimate of drug-likeness (QED) is 0.910. The van der Waals surface area contributed by atoms with Crippen molar-refractivity contribution in [2.75, 3.05) is 5.32 Å². The van der Waals surface area contributed by atoms with Crippen LogP contribution in [-0.4, -0.2) is 17.0 Å². The first-order valence-electron chi connectivity index (χ1n) is 6.04. The van der Waals surface area contributed by atoms with Crippen LogP contribution in [0.25, 0.3) is 0 Å². The number of carboxylic acid groups (broad SMARTS) is 1. The second-order valence-corrected chi connectivity index (χ2v) is 4.69. The lowest BCUT2D eigenvalue weighted by Crippen LogP contribution is -2.17. The maximum Gasteiger partial charge on any atom is 0.340 e. The van der Waals surface area contributed by atoms with Gasteiger partial charge in [-0.3, -0.25) is 4.79 Å². The van der Waals surface area contributed by atoms with Crippen molar-refractivity contribution in [2.45, 2.75) is 6.42 Å². The summed E-state index contributed by atoms with van der Waals surface area (Å²) in [5.74, 6) is -2.82. The maximum absolute atomic E-state index is 13.5. The van der Waals surface area contributed by atoms with E-state index >= 15 is 0 Å². The van der Waals surface area contributed by atoms with Gasteiger partial charge < -0.3 is 10.4 Å². The van der Waals surface area contributed by atoms with Gasteiger partial charge >= 0.3 is 5.97 Å². The molecule has 108 valence electrons. The number of halogens is 2. The molecule has 0 spiro atoms. The molecule has 2 rings (SSSR count). The Hall–Kier alpha value is -2.40. The van der Waals surface area contributed by atoms with Crippen molar-refractivity contribution in [3.05, 3.63) is 64.4 Å². The van der Waals surface area contributed by atoms with Crippen LogP contribution < -0.4 is 5.32 Å². The zero-order valence-electron chi connectivity index (χ0n) is 10.8. The summed E-state index contributed by atoms with van der Waals surface area (Å²) in [6.07, 6.45) is -0.0325. The van der Waals surface area contributed by atoms with Crippen molar-refractivity contribution in [3.63, 3.8) is 0 Å². The number of carbonyl (C=O) groups excluding carboxylic acids is 1. The van der Waals surface area contributed by atoms with Crippen molar-refractivity contribution < 1.29 is 19.1 Å². The predicted molar refractivity (Wildman–Crippen MR) is 77.1 cm³/mol. The molecule has 0 aliphatic carbocycles. The molecule has 0 radical (unpaired) electrons. The highest BCUT2D eigenvalue weighted by atomic mass is 35.5. The fraction of sp³-hybridized carbons (Fsp3) is 0.0667. The maximum atomic E-state index is 13.5. The van der Waals surface area contributed by atoms with Crippen LogP contribution in [0.4, 0.5) is 10.1 Å². The van der Waals surface area contributed by atoms with E-state index in [0.717, 1.165) is 6.07 Å². The number of carboxylic acids is 1. The SMILES string of the molecule is O=C(Cc1ccccc1Cl)Nc1cccc(F)c1C(=O)O. The molecular weight excluding hydrogens is 297 g/mol. The molecule has 0 heterocycles. The second kappa shape index (κ2) is 6.37. The molecular formula is C15H11ClFNO3. The molecule has 2 aromatic rings. The first-order chi connectivity index (χ1) is 9.99. The third-order valence-corrected chi connectivity index (χ3v) is 3.18. The number of benzene rings is 2. The minimum Gasteiger partial charge on any atom is -0.478 e. The largest absolute Gasteiger partial charge is 0.478 e. The van der Waals surface area contributed by atoms with Crippen LogP contribution in [0.3, 0.4) is 0 Å². The van der Waals surface area contributed by atoms with E-state index in [1.54, 1.807) is 24.3 Å². The van der Waals surface area contributed by atoms with Crippen molar-refractivity contribution in [3.8, 4) is 0 Å². The Morgan fingerprint density at radius 1 is 1.14 bits per heavy atom. The van der Waals surface area contributed by atoms with Crippen LogP contribution in [0.5, 0.6) is 0 Å². The average Bonchev–Trinajstić information content (AvgIpc) is 2.41. The fourth-order valence-corrected chi connectivity index (χ4v) is 2.06. The number of amides is 1. The third-order valence-electron chi connectivity index (χ3n) is 2.81. The Balaban J connectivity index is 2.19. The predicted octanol–water partition coefficient (Wildman–Crippen LogP) is 3.36. The van der Waals surface area contributed by atoms with Crippen LogP contribution >= 0.6 is 11.6 Å². The summed E-state index contributed by atoms with van der Waals surface area (Å²) < 4.78 is 13.5. The van der Waals surface area contributed by atoms with Gasteiger partial charge in [-0.1, -0.05) is 35.9 Å². The van der Waals surface area contributed by atoms with Gasteiger partial charge in [-0.2, -0.15) is 0 Å². The lowest BCUT2D eigenvalue weighted by Gasteiger charge is -2.09. The number of rotatable bonds is 4. The molecule has 21 heavy (non-hydrogen) atoms. The minimum atomic E-state index is -1.44. The second-order valence-electron chi connectivity index (χ2n) is 4.28. The Bertz CT molecular complexity index is 703. The molecule has 0 saturated carbocycles. The monoisotopic (exact) mass is 307 g/mol. The van der Waals surface area contributed by atoms with Gasteiger partial charge in [0, 0.05) is 5.02 Å². The molecule has 0 aliphatic rings. The summed E-state index contributed by atoms with van der Waals surface area (Å²) >= 11 is 5.94. The number of hydrogen-bond acceptors (Lipinski definition) is 2. The third kappa shape index (κ3) is 3.58. The fourth-order valence-electron chi connectivity index (χ4n) is 1.85. The normalized spacial score (nSPS) is 10.2. The van der Waals surface area contributed by atoms with E-state index in [9.17, 15) is 14.0 Å². The molecule has 0 saturated heterocycles. The molecule has 0 bridgehead atoms. The molecule has 0 aliphatic heterocycles. The van der Waals surface area contributed by atoms with Gasteiger partial charge in [0.1, 0.15) is 11.4 Å². The number of aromatic carboxylic acids is 1. The highest BCUT2D eigenvalue weighted by Crippen LogP contribution is 2.20. The van der Waals surface area contributed by atoms with E-state index in [0.29, 0.717) is 10.6 Å². The van der Waals surface area contributed by atoms with Gasteiger partial charge in [0.05, 0.1) is 12.1 Å². The van der Waals surface area contributed by atoms with Crippen LogP contribution in [-0.2, 0) is 11.2 Å². The number of carbonyl (C=O) groups is 2. The molecule has 1 amide bonds. The summed E-state index contributed by atoms with van der Waals surface area (Å²) in [5, 5.41) is 11.8. The molecule has 0 atom stereocenters. The van der Waals surface area contributed by atoms with E-state index in [2.05, 4.69) is 5.32 Å². The summed E-state index contributed by atoms with van der Waals surface area (Å²) in [7, 11) is 0. The van der Waals surface area contributed by atoms with Crippen LogP contribution in [0.15, 0.2) is 42.5 Å². The van der Waals surface area contributed by atoms with Crippen LogP contribution in [0.2, 0.25) is 5.02 Å². The van der Waals surface area contributed by atoms with Gasteiger partial charge in [0.2, 0.25) is 5.91 Å². The Morgan fingerprint density at radius 3 is 2.52 bits per heavy atom. The summed E-state index contributed by atoms with van der Waals surface area (Å²) in [4.78, 5) is 23.0. The standard InChI is InChI=1S/C15H11ClFNO3/c16-10-5-2-1-4-9(10)8-13(19)18-12-7-3-6-11(17)14(12)15(20)21/h1-7H,8H2,(H,18,19)(H,20,21). The Labute approximate surface area is 125 Å². The Kier molecular flexibility index (Phi) is 4.55. The zero-order chi connectivity index (χ0) is 15.4. The lowest BCUT2D eigenvalue weighted by molar-refractivity contribution is -0.115. The molecule has 2 aromatic carbocycles. The lowest BCUT2D eigenvalue weighted by atomic mass is 10.1. The topological polar surface area (TPSA) is 66.4 Å². The zero-order valence-corrected chi connectivity index (χ0v) is 11.5. The van der Waals surface area contributed by atoms with E-state index in [1.165, 1.54) is 12.1 Å². The van der Waals surface area contributed by atoms with E-state index in [-0.39, 0.29) is 12.1 Å². The first kappa shape index (κ1) is 15.0. The number of hydrogen-bond donors (Lipinski definition) is 2.